The lowest BCUT2D eigenvalue weighted by Gasteiger charge is -2.26. The van der Waals surface area contributed by atoms with Crippen molar-refractivity contribution in [2.75, 3.05) is 46.6 Å². The van der Waals surface area contributed by atoms with Crippen LogP contribution < -0.4 is 4.74 Å². The topological polar surface area (TPSA) is 68.2 Å². The van der Waals surface area contributed by atoms with Crippen LogP contribution in [0.2, 0.25) is 0 Å². The van der Waals surface area contributed by atoms with Gasteiger partial charge in [-0.15, -0.1) is 0 Å². The molecule has 128 valence electrons. The molecule has 0 radical (unpaired) electrons. The van der Waals surface area contributed by atoms with Crippen molar-refractivity contribution in [1.29, 1.82) is 0 Å². The van der Waals surface area contributed by atoms with Crippen LogP contribution in [0.15, 0.2) is 18.2 Å². The van der Waals surface area contributed by atoms with E-state index in [0.717, 1.165) is 51.3 Å². The number of carbonyl (C=O) groups is 1. The average Bonchev–Trinajstić information content (AvgIpc) is 2.55. The molecular weight excluding hydrogens is 298 g/mol. The lowest BCUT2D eigenvalue weighted by Crippen LogP contribution is -2.35. The Labute approximate surface area is 136 Å². The fraction of sp³-hybridized carbons (Fsp3) is 0.588. The van der Waals surface area contributed by atoms with Crippen LogP contribution in [0.4, 0.5) is 0 Å². The summed E-state index contributed by atoms with van der Waals surface area (Å²) < 4.78 is 16.0. The van der Waals surface area contributed by atoms with E-state index in [1.165, 1.54) is 0 Å². The van der Waals surface area contributed by atoms with E-state index in [1.54, 1.807) is 13.2 Å². The highest BCUT2D eigenvalue weighted by molar-refractivity contribution is 5.91. The summed E-state index contributed by atoms with van der Waals surface area (Å²) >= 11 is 0. The minimum atomic E-state index is -0.963. The van der Waals surface area contributed by atoms with Gasteiger partial charge in [0.2, 0.25) is 0 Å². The minimum Gasteiger partial charge on any atom is -0.493 e. The molecule has 0 aromatic heterocycles. The van der Waals surface area contributed by atoms with Crippen LogP contribution in [-0.4, -0.2) is 62.6 Å². The number of rotatable bonds is 9. The van der Waals surface area contributed by atoms with Gasteiger partial charge in [0, 0.05) is 33.4 Å². The van der Waals surface area contributed by atoms with Gasteiger partial charge in [0.05, 0.1) is 19.8 Å². The number of hydrogen-bond donors (Lipinski definition) is 1. The Kier molecular flexibility index (Phi) is 7.32. The van der Waals surface area contributed by atoms with Crippen molar-refractivity contribution < 1.29 is 24.1 Å². The zero-order valence-corrected chi connectivity index (χ0v) is 13.6. The van der Waals surface area contributed by atoms with Crippen LogP contribution in [-0.2, 0) is 16.0 Å². The van der Waals surface area contributed by atoms with Crippen molar-refractivity contribution in [3.8, 4) is 5.75 Å². The van der Waals surface area contributed by atoms with Gasteiger partial charge in [-0.05, 0) is 30.5 Å². The predicted octanol–water partition coefficient (Wildman–Crippen LogP) is 2.02. The molecule has 0 atom stereocenters. The predicted molar refractivity (Wildman–Crippen MR) is 86.1 cm³/mol. The number of unbranched alkanes of at least 4 members (excludes halogenated alkanes) is 1. The molecule has 0 aliphatic carbocycles. The van der Waals surface area contributed by atoms with Crippen LogP contribution in [0.25, 0.3) is 0 Å². The molecule has 0 saturated carbocycles. The summed E-state index contributed by atoms with van der Waals surface area (Å²) in [4.78, 5) is 13.6. The Hall–Kier alpha value is -1.63. The van der Waals surface area contributed by atoms with E-state index in [1.807, 2.05) is 12.1 Å². The number of carboxylic acids is 1. The smallest absolute Gasteiger partial charge is 0.339 e. The molecule has 1 fully saturated rings. The van der Waals surface area contributed by atoms with E-state index in [-0.39, 0.29) is 5.56 Å². The van der Waals surface area contributed by atoms with Gasteiger partial charge in [0.1, 0.15) is 11.3 Å². The summed E-state index contributed by atoms with van der Waals surface area (Å²) in [5.41, 5.74) is 1.27. The van der Waals surface area contributed by atoms with Crippen molar-refractivity contribution in [1.82, 2.24) is 4.90 Å². The molecule has 6 heteroatoms. The van der Waals surface area contributed by atoms with Gasteiger partial charge in [0.15, 0.2) is 0 Å². The standard InChI is InChI=1S/C17H25NO5/c1-21-8-2-3-9-23-16-12-14(4-5-15(16)17(19)20)13-18-6-10-22-11-7-18/h4-5,12H,2-3,6-11,13H2,1H3,(H,19,20). The maximum Gasteiger partial charge on any atom is 0.339 e. The molecule has 0 amide bonds. The van der Waals surface area contributed by atoms with Gasteiger partial charge in [-0.25, -0.2) is 4.79 Å². The van der Waals surface area contributed by atoms with Gasteiger partial charge in [0.25, 0.3) is 0 Å². The third-order valence-electron chi connectivity index (χ3n) is 3.79. The number of nitrogens with zero attached hydrogens (tertiary/aromatic N) is 1. The van der Waals surface area contributed by atoms with Crippen molar-refractivity contribution in [2.45, 2.75) is 19.4 Å². The molecule has 1 aromatic carbocycles. The molecule has 0 spiro atoms. The molecule has 1 aromatic rings. The Morgan fingerprint density at radius 3 is 2.70 bits per heavy atom. The van der Waals surface area contributed by atoms with Crippen LogP contribution in [0.3, 0.4) is 0 Å². The average molecular weight is 323 g/mol. The maximum absolute atomic E-state index is 11.3. The minimum absolute atomic E-state index is 0.211. The second kappa shape index (κ2) is 9.50. The van der Waals surface area contributed by atoms with E-state index < -0.39 is 5.97 Å². The lowest BCUT2D eigenvalue weighted by molar-refractivity contribution is 0.0341. The SMILES string of the molecule is COCCCCOc1cc(CN2CCOCC2)ccc1C(=O)O. The number of ether oxygens (including phenoxy) is 3. The van der Waals surface area contributed by atoms with Gasteiger partial charge in [-0.1, -0.05) is 6.07 Å². The third-order valence-corrected chi connectivity index (χ3v) is 3.79. The number of benzene rings is 1. The molecule has 6 nitrogen and oxygen atoms in total. The van der Waals surface area contributed by atoms with Gasteiger partial charge in [-0.3, -0.25) is 4.90 Å². The molecule has 1 aliphatic rings. The van der Waals surface area contributed by atoms with E-state index in [9.17, 15) is 9.90 Å². The van der Waals surface area contributed by atoms with Crippen molar-refractivity contribution >= 4 is 5.97 Å². The first kappa shape index (κ1) is 17.7. The summed E-state index contributed by atoms with van der Waals surface area (Å²) in [6.07, 6.45) is 1.73. The summed E-state index contributed by atoms with van der Waals surface area (Å²) in [7, 11) is 1.67. The van der Waals surface area contributed by atoms with E-state index >= 15 is 0 Å². The van der Waals surface area contributed by atoms with Gasteiger partial charge < -0.3 is 19.3 Å². The van der Waals surface area contributed by atoms with Crippen LogP contribution in [0.1, 0.15) is 28.8 Å². The zero-order valence-electron chi connectivity index (χ0n) is 13.6. The molecule has 1 aliphatic heterocycles. The van der Waals surface area contributed by atoms with Gasteiger partial charge >= 0.3 is 5.97 Å². The van der Waals surface area contributed by atoms with Crippen LogP contribution in [0, 0.1) is 0 Å². The first-order valence-electron chi connectivity index (χ1n) is 7.99. The number of morpholine rings is 1. The second-order valence-electron chi connectivity index (χ2n) is 5.57. The highest BCUT2D eigenvalue weighted by Crippen LogP contribution is 2.22. The van der Waals surface area contributed by atoms with Crippen molar-refractivity contribution in [3.63, 3.8) is 0 Å². The third kappa shape index (κ3) is 5.82. The molecule has 1 N–H and O–H groups in total. The lowest BCUT2D eigenvalue weighted by atomic mass is 10.1. The monoisotopic (exact) mass is 323 g/mol. The fourth-order valence-corrected chi connectivity index (χ4v) is 2.51. The molecular formula is C17H25NO5. The van der Waals surface area contributed by atoms with E-state index in [2.05, 4.69) is 4.90 Å². The normalized spacial score (nSPS) is 15.5. The highest BCUT2D eigenvalue weighted by Gasteiger charge is 2.15. The maximum atomic E-state index is 11.3. The molecule has 23 heavy (non-hydrogen) atoms. The van der Waals surface area contributed by atoms with E-state index in [4.69, 9.17) is 14.2 Å². The summed E-state index contributed by atoms with van der Waals surface area (Å²) in [5, 5.41) is 9.29. The Morgan fingerprint density at radius 2 is 2.00 bits per heavy atom. The molecule has 2 rings (SSSR count). The Balaban J connectivity index is 1.97. The second-order valence-corrected chi connectivity index (χ2v) is 5.57. The zero-order chi connectivity index (χ0) is 16.5. The van der Waals surface area contributed by atoms with Crippen LogP contribution >= 0.6 is 0 Å². The van der Waals surface area contributed by atoms with E-state index in [0.29, 0.717) is 19.0 Å². The number of methoxy groups -OCH3 is 1. The van der Waals surface area contributed by atoms with Gasteiger partial charge in [-0.2, -0.15) is 0 Å². The fourth-order valence-electron chi connectivity index (χ4n) is 2.51. The quantitative estimate of drug-likeness (QED) is 0.701. The van der Waals surface area contributed by atoms with Crippen LogP contribution in [0.5, 0.6) is 5.75 Å². The number of aromatic carboxylic acids is 1. The first-order valence-corrected chi connectivity index (χ1v) is 7.99. The summed E-state index contributed by atoms with van der Waals surface area (Å²) in [6.45, 7) is 5.24. The number of hydrogen-bond acceptors (Lipinski definition) is 5. The molecule has 1 heterocycles. The highest BCUT2D eigenvalue weighted by atomic mass is 16.5. The number of carboxylic acid groups (broad SMARTS) is 1. The van der Waals surface area contributed by atoms with Crippen molar-refractivity contribution in [3.05, 3.63) is 29.3 Å². The molecule has 0 unspecified atom stereocenters. The molecule has 1 saturated heterocycles. The summed E-state index contributed by atoms with van der Waals surface area (Å²) in [5.74, 6) is -0.518. The largest absolute Gasteiger partial charge is 0.493 e. The molecule has 0 bridgehead atoms. The van der Waals surface area contributed by atoms with Crippen molar-refractivity contribution in [2.24, 2.45) is 0 Å². The first-order chi connectivity index (χ1) is 11.2. The summed E-state index contributed by atoms with van der Waals surface area (Å²) in [6, 6.07) is 5.33. The Bertz CT molecular complexity index is 500. The Morgan fingerprint density at radius 1 is 1.26 bits per heavy atom.